The summed E-state index contributed by atoms with van der Waals surface area (Å²) in [5.41, 5.74) is 2.89. The molecule has 1 heteroatoms. The summed E-state index contributed by atoms with van der Waals surface area (Å²) in [6, 6.07) is 9.69. The van der Waals surface area contributed by atoms with Gasteiger partial charge in [0.05, 0.1) is 0 Å². The van der Waals surface area contributed by atoms with E-state index in [4.69, 9.17) is 0 Å². The van der Waals surface area contributed by atoms with E-state index in [1.54, 1.807) is 0 Å². The molecule has 1 nitrogen and oxygen atoms in total. The minimum absolute atomic E-state index is 0.518. The van der Waals surface area contributed by atoms with Crippen molar-refractivity contribution >= 4 is 0 Å². The Hall–Kier alpha value is -0.820. The zero-order valence-electron chi connectivity index (χ0n) is 12.5. The summed E-state index contributed by atoms with van der Waals surface area (Å²) in [6.45, 7) is 6.80. The molecule has 1 atom stereocenters. The van der Waals surface area contributed by atoms with Crippen LogP contribution in [-0.4, -0.2) is 7.05 Å². The van der Waals surface area contributed by atoms with Gasteiger partial charge in [0, 0.05) is 6.04 Å². The second-order valence-electron chi connectivity index (χ2n) is 5.68. The first-order valence-electron chi connectivity index (χ1n) is 7.43. The lowest BCUT2D eigenvalue weighted by Gasteiger charge is -2.17. The summed E-state index contributed by atoms with van der Waals surface area (Å²) in [7, 11) is 2.07. The van der Waals surface area contributed by atoms with E-state index in [9.17, 15) is 0 Å². The summed E-state index contributed by atoms with van der Waals surface area (Å²) >= 11 is 0. The van der Waals surface area contributed by atoms with E-state index in [-0.39, 0.29) is 0 Å². The Morgan fingerprint density at radius 3 is 2.22 bits per heavy atom. The van der Waals surface area contributed by atoms with Crippen LogP contribution in [0.5, 0.6) is 0 Å². The first kappa shape index (κ1) is 15.2. The second kappa shape index (κ2) is 8.31. The van der Waals surface area contributed by atoms with Gasteiger partial charge in [0.25, 0.3) is 0 Å². The Balaban J connectivity index is 2.57. The highest BCUT2D eigenvalue weighted by Gasteiger charge is 2.08. The van der Waals surface area contributed by atoms with Crippen molar-refractivity contribution in [2.24, 2.45) is 5.92 Å². The Morgan fingerprint density at radius 1 is 1.06 bits per heavy atom. The van der Waals surface area contributed by atoms with Crippen LogP contribution in [0.2, 0.25) is 0 Å². The maximum absolute atomic E-state index is 3.44. The third-order valence-corrected chi connectivity index (χ3v) is 3.47. The predicted molar refractivity (Wildman–Crippen MR) is 80.9 cm³/mol. The summed E-state index contributed by atoms with van der Waals surface area (Å²) in [5.74, 6) is 0.737. The highest BCUT2D eigenvalue weighted by atomic mass is 14.9. The number of benzene rings is 1. The van der Waals surface area contributed by atoms with Crippen molar-refractivity contribution in [1.82, 2.24) is 5.32 Å². The third-order valence-electron chi connectivity index (χ3n) is 3.47. The van der Waals surface area contributed by atoms with Gasteiger partial charge < -0.3 is 5.32 Å². The van der Waals surface area contributed by atoms with Crippen LogP contribution in [0, 0.1) is 5.92 Å². The molecule has 0 saturated carbocycles. The van der Waals surface area contributed by atoms with Gasteiger partial charge in [-0.1, -0.05) is 64.3 Å². The van der Waals surface area contributed by atoms with Gasteiger partial charge >= 0.3 is 0 Å². The van der Waals surface area contributed by atoms with Crippen LogP contribution >= 0.6 is 0 Å². The minimum atomic E-state index is 0.518. The Morgan fingerprint density at radius 2 is 1.72 bits per heavy atom. The van der Waals surface area contributed by atoms with Crippen molar-refractivity contribution < 1.29 is 0 Å². The van der Waals surface area contributed by atoms with Crippen LogP contribution in [0.3, 0.4) is 0 Å². The average molecular weight is 247 g/mol. The average Bonchev–Trinajstić information content (AvgIpc) is 2.35. The smallest absolute Gasteiger partial charge is 0.0317 e. The number of hydrogen-bond acceptors (Lipinski definition) is 1. The zero-order valence-corrected chi connectivity index (χ0v) is 12.5. The van der Waals surface area contributed by atoms with Crippen LogP contribution in [0.1, 0.15) is 63.6 Å². The first-order chi connectivity index (χ1) is 8.67. The van der Waals surface area contributed by atoms with E-state index < -0.39 is 0 Å². The maximum Gasteiger partial charge on any atom is 0.0317 e. The molecule has 18 heavy (non-hydrogen) atoms. The number of unbranched alkanes of at least 4 members (excludes halogenated alkanes) is 2. The maximum atomic E-state index is 3.44. The van der Waals surface area contributed by atoms with Gasteiger partial charge in [0.1, 0.15) is 0 Å². The van der Waals surface area contributed by atoms with Gasteiger partial charge in [-0.25, -0.2) is 0 Å². The molecule has 0 aromatic heterocycles. The van der Waals surface area contributed by atoms with Gasteiger partial charge in [-0.05, 0) is 36.9 Å². The predicted octanol–water partition coefficient (Wildman–Crippen LogP) is 4.73. The van der Waals surface area contributed by atoms with Crippen LogP contribution in [0.15, 0.2) is 24.3 Å². The fraction of sp³-hybridized carbons (Fsp3) is 0.647. The molecule has 0 saturated heterocycles. The van der Waals surface area contributed by atoms with Gasteiger partial charge in [-0.3, -0.25) is 0 Å². The topological polar surface area (TPSA) is 12.0 Å². The molecule has 0 heterocycles. The highest BCUT2D eigenvalue weighted by molar-refractivity contribution is 5.25. The number of rotatable bonds is 8. The lowest BCUT2D eigenvalue weighted by molar-refractivity contribution is 0.511. The molecule has 1 N–H and O–H groups in total. The van der Waals surface area contributed by atoms with Crippen LogP contribution < -0.4 is 5.32 Å². The van der Waals surface area contributed by atoms with E-state index >= 15 is 0 Å². The lowest BCUT2D eigenvalue weighted by Crippen LogP contribution is -2.16. The molecular weight excluding hydrogens is 218 g/mol. The molecule has 0 aliphatic rings. The normalized spacial score (nSPS) is 12.9. The summed E-state index contributed by atoms with van der Waals surface area (Å²) in [4.78, 5) is 0. The highest BCUT2D eigenvalue weighted by Crippen LogP contribution is 2.20. The van der Waals surface area contributed by atoms with Crippen molar-refractivity contribution in [2.75, 3.05) is 7.05 Å². The van der Waals surface area contributed by atoms with Crippen molar-refractivity contribution in [3.05, 3.63) is 35.4 Å². The monoisotopic (exact) mass is 247 g/mol. The van der Waals surface area contributed by atoms with E-state index in [2.05, 4.69) is 57.4 Å². The van der Waals surface area contributed by atoms with Crippen molar-refractivity contribution in [3.63, 3.8) is 0 Å². The van der Waals surface area contributed by atoms with Crippen molar-refractivity contribution in [2.45, 2.75) is 58.9 Å². The SMILES string of the molecule is CCCCCC(NC)c1ccc(CC(C)C)cc1. The number of hydrogen-bond donors (Lipinski definition) is 1. The zero-order chi connectivity index (χ0) is 13.4. The Kier molecular flexibility index (Phi) is 7.04. The quantitative estimate of drug-likeness (QED) is 0.655. The molecule has 1 rings (SSSR count). The van der Waals surface area contributed by atoms with E-state index in [1.807, 2.05) is 0 Å². The van der Waals surface area contributed by atoms with Gasteiger partial charge in [0.2, 0.25) is 0 Å². The molecule has 1 aromatic rings. The lowest BCUT2D eigenvalue weighted by atomic mass is 9.97. The summed E-state index contributed by atoms with van der Waals surface area (Å²) in [6.07, 6.45) is 6.37. The molecule has 0 aliphatic heterocycles. The molecule has 0 radical (unpaired) electrons. The van der Waals surface area contributed by atoms with Crippen LogP contribution in [-0.2, 0) is 6.42 Å². The van der Waals surface area contributed by atoms with E-state index in [1.165, 1.54) is 43.2 Å². The summed E-state index contributed by atoms with van der Waals surface area (Å²) < 4.78 is 0. The van der Waals surface area contributed by atoms with Crippen molar-refractivity contribution in [3.8, 4) is 0 Å². The molecule has 1 unspecified atom stereocenters. The second-order valence-corrected chi connectivity index (χ2v) is 5.68. The van der Waals surface area contributed by atoms with Gasteiger partial charge in [0.15, 0.2) is 0 Å². The molecular formula is C17H29N. The van der Waals surface area contributed by atoms with Crippen molar-refractivity contribution in [1.29, 1.82) is 0 Å². The largest absolute Gasteiger partial charge is 0.313 e. The molecule has 1 aromatic carbocycles. The van der Waals surface area contributed by atoms with Gasteiger partial charge in [-0.2, -0.15) is 0 Å². The Bertz CT molecular complexity index is 313. The molecule has 0 aliphatic carbocycles. The molecule has 102 valence electrons. The fourth-order valence-corrected chi connectivity index (χ4v) is 2.43. The minimum Gasteiger partial charge on any atom is -0.313 e. The molecule has 0 bridgehead atoms. The third kappa shape index (κ3) is 5.22. The van der Waals surface area contributed by atoms with E-state index in [0.29, 0.717) is 6.04 Å². The Labute approximate surface area is 113 Å². The van der Waals surface area contributed by atoms with Gasteiger partial charge in [-0.15, -0.1) is 0 Å². The van der Waals surface area contributed by atoms with E-state index in [0.717, 1.165) is 5.92 Å². The molecule has 0 fully saturated rings. The van der Waals surface area contributed by atoms with Crippen LogP contribution in [0.25, 0.3) is 0 Å². The summed E-state index contributed by atoms with van der Waals surface area (Å²) in [5, 5.41) is 3.44. The first-order valence-corrected chi connectivity index (χ1v) is 7.43. The fourth-order valence-electron chi connectivity index (χ4n) is 2.43. The van der Waals surface area contributed by atoms with Crippen LogP contribution in [0.4, 0.5) is 0 Å². The number of nitrogens with one attached hydrogen (secondary N) is 1. The molecule has 0 spiro atoms. The standard InChI is InChI=1S/C17H29N/c1-5-6-7-8-17(18-4)16-11-9-15(10-12-16)13-14(2)3/h9-12,14,17-18H,5-8,13H2,1-4H3. The molecule has 0 amide bonds.